The fourth-order valence-corrected chi connectivity index (χ4v) is 4.92. The van der Waals surface area contributed by atoms with Gasteiger partial charge in [0.25, 0.3) is 0 Å². The van der Waals surface area contributed by atoms with E-state index in [0.717, 1.165) is 0 Å². The quantitative estimate of drug-likeness (QED) is 0.706. The molecule has 8 nitrogen and oxygen atoms in total. The van der Waals surface area contributed by atoms with E-state index in [1.54, 1.807) is 45.0 Å². The predicted molar refractivity (Wildman–Crippen MR) is 112 cm³/mol. The monoisotopic (exact) mass is 446 g/mol. The summed E-state index contributed by atoms with van der Waals surface area (Å²) in [6, 6.07) is 6.92. The van der Waals surface area contributed by atoms with Crippen LogP contribution in [0.2, 0.25) is 0 Å². The average molecular weight is 446 g/mol. The molecule has 1 spiro atoms. The summed E-state index contributed by atoms with van der Waals surface area (Å²) >= 11 is 0. The number of aliphatic carboxylic acids is 1. The maximum absolute atomic E-state index is 13.6. The van der Waals surface area contributed by atoms with Crippen LogP contribution in [0.15, 0.2) is 24.3 Å². The second kappa shape index (κ2) is 7.37. The van der Waals surface area contributed by atoms with Gasteiger partial charge in [-0.2, -0.15) is 0 Å². The molecule has 8 heteroatoms. The van der Waals surface area contributed by atoms with Crippen molar-refractivity contribution in [2.24, 2.45) is 17.3 Å². The van der Waals surface area contributed by atoms with Crippen LogP contribution in [0.3, 0.4) is 0 Å². The van der Waals surface area contributed by atoms with Crippen LogP contribution in [-0.2, 0) is 34.3 Å². The van der Waals surface area contributed by atoms with Crippen molar-refractivity contribution in [2.75, 3.05) is 19.8 Å². The van der Waals surface area contributed by atoms with Crippen LogP contribution in [0, 0.1) is 17.3 Å². The Kier molecular flexibility index (Phi) is 5.27. The molecule has 0 saturated carbocycles. The van der Waals surface area contributed by atoms with Gasteiger partial charge in [-0.3, -0.25) is 9.59 Å². The van der Waals surface area contributed by atoms with E-state index in [0.29, 0.717) is 24.3 Å². The Morgan fingerprint density at radius 1 is 1.12 bits per heavy atom. The van der Waals surface area contributed by atoms with E-state index in [1.807, 2.05) is 13.8 Å². The fourth-order valence-electron chi connectivity index (χ4n) is 4.92. The third-order valence-electron chi connectivity index (χ3n) is 6.31. The first-order valence-electron chi connectivity index (χ1n) is 10.8. The average Bonchev–Trinajstić information content (AvgIpc) is 3.07. The van der Waals surface area contributed by atoms with Crippen molar-refractivity contribution in [3.05, 3.63) is 35.4 Å². The standard InChI is InChI=1S/C24H30O8/c1-21(2,3)32-17(25)10-23(20(27)28)18-16(11-29-23)24(30-12-22(4,5)13-31-24)15-9-7-6-8-14(15)19(18)26/h6-9,16,18H,10-13H2,1-5H3,(H,27,28)/t16-,18+,23+/m1/s1. The minimum absolute atomic E-state index is 0.0970. The molecule has 3 aliphatic rings. The Morgan fingerprint density at radius 2 is 1.75 bits per heavy atom. The topological polar surface area (TPSA) is 108 Å². The molecule has 174 valence electrons. The number of esters is 1. The van der Waals surface area contributed by atoms with E-state index in [2.05, 4.69) is 0 Å². The Hall–Kier alpha value is -2.29. The number of rotatable bonds is 3. The first-order valence-corrected chi connectivity index (χ1v) is 10.8. The second-order valence-electron chi connectivity index (χ2n) is 10.7. The third-order valence-corrected chi connectivity index (χ3v) is 6.31. The van der Waals surface area contributed by atoms with E-state index in [-0.39, 0.29) is 12.0 Å². The minimum atomic E-state index is -2.07. The number of carboxylic acids is 1. The zero-order chi connectivity index (χ0) is 23.5. The molecule has 4 rings (SSSR count). The van der Waals surface area contributed by atoms with Crippen LogP contribution in [-0.4, -0.2) is 53.9 Å². The molecule has 2 heterocycles. The number of hydrogen-bond acceptors (Lipinski definition) is 7. The Morgan fingerprint density at radius 3 is 2.34 bits per heavy atom. The van der Waals surface area contributed by atoms with Gasteiger partial charge >= 0.3 is 11.9 Å². The highest BCUT2D eigenvalue weighted by molar-refractivity contribution is 6.05. The number of benzene rings is 1. The summed E-state index contributed by atoms with van der Waals surface area (Å²) in [5.74, 6) is -5.72. The van der Waals surface area contributed by atoms with Crippen LogP contribution in [0.25, 0.3) is 0 Å². The number of Topliss-reactive ketones (excluding diaryl/α,β-unsaturated/α-hetero) is 1. The van der Waals surface area contributed by atoms with Crippen molar-refractivity contribution in [3.63, 3.8) is 0 Å². The van der Waals surface area contributed by atoms with Crippen LogP contribution in [0.4, 0.5) is 0 Å². The van der Waals surface area contributed by atoms with Crippen LogP contribution < -0.4 is 0 Å². The highest BCUT2D eigenvalue weighted by atomic mass is 16.7. The van der Waals surface area contributed by atoms with Gasteiger partial charge in [0.05, 0.1) is 38.1 Å². The largest absolute Gasteiger partial charge is 0.479 e. The summed E-state index contributed by atoms with van der Waals surface area (Å²) < 4.78 is 23.8. The van der Waals surface area contributed by atoms with E-state index in [1.165, 1.54) is 0 Å². The first-order chi connectivity index (χ1) is 14.8. The van der Waals surface area contributed by atoms with Crippen molar-refractivity contribution in [3.8, 4) is 0 Å². The lowest BCUT2D eigenvalue weighted by Gasteiger charge is -2.50. The van der Waals surface area contributed by atoms with Gasteiger partial charge in [0, 0.05) is 16.5 Å². The van der Waals surface area contributed by atoms with Gasteiger partial charge in [-0.1, -0.05) is 38.1 Å². The molecule has 0 bridgehead atoms. The molecule has 32 heavy (non-hydrogen) atoms. The van der Waals surface area contributed by atoms with Crippen molar-refractivity contribution in [1.82, 2.24) is 0 Å². The van der Waals surface area contributed by atoms with E-state index >= 15 is 0 Å². The number of fused-ring (bicyclic) bond motifs is 4. The summed E-state index contributed by atoms with van der Waals surface area (Å²) in [7, 11) is 0. The molecule has 0 amide bonds. The summed E-state index contributed by atoms with van der Waals surface area (Å²) in [6.45, 7) is 9.73. The highest BCUT2D eigenvalue weighted by Crippen LogP contribution is 2.56. The van der Waals surface area contributed by atoms with Gasteiger partial charge in [0.2, 0.25) is 5.79 Å². The van der Waals surface area contributed by atoms with Gasteiger partial charge < -0.3 is 24.1 Å². The Labute approximate surface area is 187 Å². The molecule has 0 unspecified atom stereocenters. The number of ether oxygens (including phenoxy) is 4. The maximum Gasteiger partial charge on any atom is 0.337 e. The van der Waals surface area contributed by atoms with Gasteiger partial charge in [-0.05, 0) is 20.8 Å². The predicted octanol–water partition coefficient (Wildman–Crippen LogP) is 2.93. The summed E-state index contributed by atoms with van der Waals surface area (Å²) in [6.07, 6.45) is -0.587. The molecular weight excluding hydrogens is 416 g/mol. The Bertz CT molecular complexity index is 949. The number of hydrogen-bond donors (Lipinski definition) is 1. The zero-order valence-electron chi connectivity index (χ0n) is 19.1. The minimum Gasteiger partial charge on any atom is -0.479 e. The number of carboxylic acid groups (broad SMARTS) is 1. The molecule has 1 aromatic rings. The molecule has 2 saturated heterocycles. The first kappa shape index (κ1) is 22.9. The number of carbonyl (C=O) groups excluding carboxylic acids is 2. The van der Waals surface area contributed by atoms with Crippen molar-refractivity contribution in [2.45, 2.75) is 58.0 Å². The van der Waals surface area contributed by atoms with Crippen molar-refractivity contribution >= 4 is 17.7 Å². The van der Waals surface area contributed by atoms with Crippen LogP contribution in [0.5, 0.6) is 0 Å². The zero-order valence-corrected chi connectivity index (χ0v) is 19.1. The van der Waals surface area contributed by atoms with Gasteiger partial charge in [-0.25, -0.2) is 4.79 Å². The highest BCUT2D eigenvalue weighted by Gasteiger charge is 2.69. The summed E-state index contributed by atoms with van der Waals surface area (Å²) in [5.41, 5.74) is -2.21. The molecule has 2 aliphatic heterocycles. The molecule has 0 radical (unpaired) electrons. The van der Waals surface area contributed by atoms with Crippen LogP contribution >= 0.6 is 0 Å². The molecule has 2 fully saturated rings. The lowest BCUT2D eigenvalue weighted by Crippen LogP contribution is -2.59. The van der Waals surface area contributed by atoms with E-state index in [9.17, 15) is 19.5 Å². The lowest BCUT2D eigenvalue weighted by molar-refractivity contribution is -0.336. The van der Waals surface area contributed by atoms with E-state index in [4.69, 9.17) is 18.9 Å². The number of ketones is 1. The third kappa shape index (κ3) is 3.54. The van der Waals surface area contributed by atoms with Gasteiger partial charge in [0.1, 0.15) is 5.60 Å². The van der Waals surface area contributed by atoms with Crippen molar-refractivity contribution in [1.29, 1.82) is 0 Å². The molecule has 1 aromatic carbocycles. The smallest absolute Gasteiger partial charge is 0.337 e. The SMILES string of the molecule is CC1(C)COC2(OC1)c1ccccc1C(=O)[C@@H]1[C@H]2CO[C@]1(CC(=O)OC(C)(C)C)C(=O)O. The van der Waals surface area contributed by atoms with Gasteiger partial charge in [0.15, 0.2) is 11.4 Å². The molecule has 3 atom stereocenters. The normalized spacial score (nSPS) is 30.5. The van der Waals surface area contributed by atoms with Crippen molar-refractivity contribution < 1.29 is 38.4 Å². The molecule has 0 aromatic heterocycles. The molecular formula is C24H30O8. The fraction of sp³-hybridized carbons (Fsp3) is 0.625. The lowest BCUT2D eigenvalue weighted by atomic mass is 9.65. The number of carbonyl (C=O) groups is 3. The maximum atomic E-state index is 13.6. The molecule has 1 aliphatic carbocycles. The summed E-state index contributed by atoms with van der Waals surface area (Å²) in [5, 5.41) is 10.2. The van der Waals surface area contributed by atoms with Gasteiger partial charge in [-0.15, -0.1) is 0 Å². The molecule has 1 N–H and O–H groups in total. The Balaban J connectivity index is 1.80. The second-order valence-corrected chi connectivity index (χ2v) is 10.7. The van der Waals surface area contributed by atoms with E-state index < -0.39 is 53.0 Å². The van der Waals surface area contributed by atoms with Crippen LogP contribution in [0.1, 0.15) is 57.0 Å². The summed E-state index contributed by atoms with van der Waals surface area (Å²) in [4.78, 5) is 38.8.